The molecule has 3 N–H and O–H groups in total. The highest BCUT2D eigenvalue weighted by molar-refractivity contribution is 6.35. The van der Waals surface area contributed by atoms with Gasteiger partial charge in [0, 0.05) is 17.7 Å². The van der Waals surface area contributed by atoms with Crippen molar-refractivity contribution in [1.29, 1.82) is 0 Å². The van der Waals surface area contributed by atoms with Crippen molar-refractivity contribution in [3.05, 3.63) is 63.4 Å². The molecule has 7 heteroatoms. The SMILES string of the molecule is COc1ccccc1CNC(=O)C[NH2+][C@@H](C)c1cc(F)c(Cl)cc1Cl. The van der Waals surface area contributed by atoms with Gasteiger partial charge in [-0.25, -0.2) is 4.39 Å². The molecule has 25 heavy (non-hydrogen) atoms. The van der Waals surface area contributed by atoms with Crippen LogP contribution in [0.1, 0.15) is 24.1 Å². The largest absolute Gasteiger partial charge is 0.496 e. The van der Waals surface area contributed by atoms with Gasteiger partial charge in [-0.3, -0.25) is 4.79 Å². The van der Waals surface area contributed by atoms with E-state index in [4.69, 9.17) is 27.9 Å². The molecule has 2 aromatic rings. The van der Waals surface area contributed by atoms with Crippen LogP contribution in [0.4, 0.5) is 4.39 Å². The smallest absolute Gasteiger partial charge is 0.275 e. The maximum Gasteiger partial charge on any atom is 0.275 e. The Morgan fingerprint density at radius 1 is 1.28 bits per heavy atom. The van der Waals surface area contributed by atoms with Gasteiger partial charge in [-0.05, 0) is 25.1 Å². The second-order valence-electron chi connectivity index (χ2n) is 5.60. The predicted molar refractivity (Wildman–Crippen MR) is 96.5 cm³/mol. The molecule has 2 aromatic carbocycles. The Morgan fingerprint density at radius 2 is 2.00 bits per heavy atom. The molecule has 4 nitrogen and oxygen atoms in total. The molecule has 0 saturated heterocycles. The molecule has 0 aliphatic heterocycles. The van der Waals surface area contributed by atoms with Crippen LogP contribution in [0.3, 0.4) is 0 Å². The number of carbonyl (C=O) groups excluding carboxylic acids is 1. The van der Waals surface area contributed by atoms with Crippen molar-refractivity contribution in [2.24, 2.45) is 0 Å². The number of hydrogen-bond acceptors (Lipinski definition) is 2. The molecule has 0 bridgehead atoms. The zero-order valence-electron chi connectivity index (χ0n) is 14.0. The number of para-hydroxylation sites is 1. The maximum absolute atomic E-state index is 13.6. The highest BCUT2D eigenvalue weighted by Gasteiger charge is 2.17. The number of carbonyl (C=O) groups is 1. The van der Waals surface area contributed by atoms with Gasteiger partial charge in [0.2, 0.25) is 0 Å². The number of hydrogen-bond donors (Lipinski definition) is 2. The number of ether oxygens (including phenoxy) is 1. The molecule has 0 saturated carbocycles. The van der Waals surface area contributed by atoms with Crippen LogP contribution in [0, 0.1) is 5.82 Å². The Balaban J connectivity index is 1.88. The van der Waals surface area contributed by atoms with E-state index in [1.807, 2.05) is 31.2 Å². The lowest BCUT2D eigenvalue weighted by Crippen LogP contribution is -2.87. The van der Waals surface area contributed by atoms with Crippen LogP contribution in [-0.4, -0.2) is 19.6 Å². The Hall–Kier alpha value is -1.82. The average molecular weight is 386 g/mol. The highest BCUT2D eigenvalue weighted by atomic mass is 35.5. The van der Waals surface area contributed by atoms with Gasteiger partial charge in [-0.2, -0.15) is 0 Å². The van der Waals surface area contributed by atoms with Gasteiger partial charge in [-0.15, -0.1) is 0 Å². The third-order valence-electron chi connectivity index (χ3n) is 3.86. The van der Waals surface area contributed by atoms with Gasteiger partial charge in [-0.1, -0.05) is 41.4 Å². The summed E-state index contributed by atoms with van der Waals surface area (Å²) in [6.07, 6.45) is 0. The lowest BCUT2D eigenvalue weighted by Gasteiger charge is -2.14. The number of methoxy groups -OCH3 is 1. The zero-order chi connectivity index (χ0) is 18.4. The fourth-order valence-electron chi connectivity index (χ4n) is 2.41. The molecule has 0 unspecified atom stereocenters. The number of halogens is 3. The molecular formula is C18H20Cl2FN2O2+. The average Bonchev–Trinajstić information content (AvgIpc) is 2.61. The summed E-state index contributed by atoms with van der Waals surface area (Å²) < 4.78 is 18.9. The van der Waals surface area contributed by atoms with E-state index in [0.717, 1.165) is 11.3 Å². The van der Waals surface area contributed by atoms with Crippen molar-refractivity contribution in [1.82, 2.24) is 5.32 Å². The number of quaternary nitrogens is 1. The summed E-state index contributed by atoms with van der Waals surface area (Å²) in [5, 5.41) is 4.98. The van der Waals surface area contributed by atoms with Gasteiger partial charge in [0.15, 0.2) is 6.54 Å². The second-order valence-corrected chi connectivity index (χ2v) is 6.42. The summed E-state index contributed by atoms with van der Waals surface area (Å²) in [7, 11) is 1.59. The van der Waals surface area contributed by atoms with Crippen molar-refractivity contribution >= 4 is 29.1 Å². The fraction of sp³-hybridized carbons (Fsp3) is 0.278. The first-order chi connectivity index (χ1) is 11.9. The highest BCUT2D eigenvalue weighted by Crippen LogP contribution is 2.27. The van der Waals surface area contributed by atoms with E-state index in [1.165, 1.54) is 12.1 Å². The number of nitrogens with one attached hydrogen (secondary N) is 1. The minimum absolute atomic E-state index is 0.0181. The lowest BCUT2D eigenvalue weighted by molar-refractivity contribution is -0.682. The number of amides is 1. The molecule has 2 rings (SSSR count). The second kappa shape index (κ2) is 9.04. The third kappa shape index (κ3) is 5.33. The normalized spacial score (nSPS) is 11.9. The van der Waals surface area contributed by atoms with Gasteiger partial charge in [0.1, 0.15) is 17.6 Å². The molecule has 0 aliphatic rings. The lowest BCUT2D eigenvalue weighted by atomic mass is 10.1. The molecule has 0 heterocycles. The minimum atomic E-state index is -0.526. The van der Waals surface area contributed by atoms with Crippen LogP contribution in [0.15, 0.2) is 36.4 Å². The fourth-order valence-corrected chi connectivity index (χ4v) is 2.97. The minimum Gasteiger partial charge on any atom is -0.496 e. The summed E-state index contributed by atoms with van der Waals surface area (Å²) >= 11 is 11.8. The van der Waals surface area contributed by atoms with Crippen molar-refractivity contribution in [2.45, 2.75) is 19.5 Å². The monoisotopic (exact) mass is 385 g/mol. The van der Waals surface area contributed by atoms with Gasteiger partial charge in [0.25, 0.3) is 5.91 Å². The molecule has 0 aromatic heterocycles. The molecule has 0 aliphatic carbocycles. The van der Waals surface area contributed by atoms with Gasteiger partial charge < -0.3 is 15.4 Å². The van der Waals surface area contributed by atoms with Crippen molar-refractivity contribution < 1.29 is 19.2 Å². The quantitative estimate of drug-likeness (QED) is 0.719. The number of rotatable bonds is 7. The van der Waals surface area contributed by atoms with Gasteiger partial charge in [0.05, 0.1) is 17.2 Å². The predicted octanol–water partition coefficient (Wildman–Crippen LogP) is 3.08. The van der Waals surface area contributed by atoms with Crippen molar-refractivity contribution in [3.8, 4) is 5.75 Å². The maximum atomic E-state index is 13.6. The molecule has 0 radical (unpaired) electrons. The summed E-state index contributed by atoms with van der Waals surface area (Å²) in [5.41, 5.74) is 1.50. The van der Waals surface area contributed by atoms with E-state index in [-0.39, 0.29) is 23.5 Å². The molecule has 0 spiro atoms. The Bertz CT molecular complexity index is 756. The Morgan fingerprint density at radius 3 is 2.72 bits per heavy atom. The topological polar surface area (TPSA) is 54.9 Å². The molecule has 1 amide bonds. The summed E-state index contributed by atoms with van der Waals surface area (Å²) in [6, 6.07) is 9.98. The number of benzene rings is 2. The van der Waals surface area contributed by atoms with E-state index < -0.39 is 5.82 Å². The molecule has 134 valence electrons. The standard InChI is InChI=1S/C18H19Cl2FN2O2/c1-11(13-7-16(21)15(20)8-14(13)19)22-10-18(24)23-9-12-5-3-4-6-17(12)25-2/h3-8,11,22H,9-10H2,1-2H3,(H,23,24)/p+1/t11-/m0/s1. The van der Waals surface area contributed by atoms with Crippen molar-refractivity contribution in [2.75, 3.05) is 13.7 Å². The van der Waals surface area contributed by atoms with Crippen LogP contribution >= 0.6 is 23.2 Å². The van der Waals surface area contributed by atoms with E-state index in [9.17, 15) is 9.18 Å². The Labute approximate surface area is 156 Å². The first-order valence-electron chi connectivity index (χ1n) is 7.78. The first kappa shape index (κ1) is 19.5. The van der Waals surface area contributed by atoms with E-state index in [0.29, 0.717) is 17.1 Å². The van der Waals surface area contributed by atoms with Crippen LogP contribution in [0.5, 0.6) is 5.75 Å². The zero-order valence-corrected chi connectivity index (χ0v) is 15.5. The van der Waals surface area contributed by atoms with Gasteiger partial charge >= 0.3 is 0 Å². The Kier molecular flexibility index (Phi) is 7.05. The summed E-state index contributed by atoms with van der Waals surface area (Å²) in [6.45, 7) is 2.42. The van der Waals surface area contributed by atoms with E-state index in [1.54, 1.807) is 12.4 Å². The van der Waals surface area contributed by atoms with E-state index in [2.05, 4.69) is 5.32 Å². The number of nitrogens with two attached hydrogens (primary N) is 1. The first-order valence-corrected chi connectivity index (χ1v) is 8.54. The van der Waals surface area contributed by atoms with Crippen LogP contribution in [-0.2, 0) is 11.3 Å². The third-order valence-corrected chi connectivity index (χ3v) is 4.47. The molecule has 1 atom stereocenters. The molecular weight excluding hydrogens is 366 g/mol. The summed E-state index contributed by atoms with van der Waals surface area (Å²) in [5.74, 6) is 0.0637. The van der Waals surface area contributed by atoms with E-state index >= 15 is 0 Å². The molecule has 0 fully saturated rings. The van der Waals surface area contributed by atoms with Crippen LogP contribution in [0.2, 0.25) is 10.0 Å². The van der Waals surface area contributed by atoms with Crippen molar-refractivity contribution in [3.63, 3.8) is 0 Å². The summed E-state index contributed by atoms with van der Waals surface area (Å²) in [4.78, 5) is 12.0. The van der Waals surface area contributed by atoms with Crippen LogP contribution < -0.4 is 15.4 Å². The van der Waals surface area contributed by atoms with Crippen LogP contribution in [0.25, 0.3) is 0 Å².